The lowest BCUT2D eigenvalue weighted by Gasteiger charge is -2.29. The van der Waals surface area contributed by atoms with E-state index in [1.54, 1.807) is 0 Å². The maximum absolute atomic E-state index is 4.90. The highest BCUT2D eigenvalue weighted by Gasteiger charge is 2.41. The Morgan fingerprint density at radius 2 is 2.05 bits per heavy atom. The molecule has 2 aliphatic rings. The van der Waals surface area contributed by atoms with E-state index in [1.807, 2.05) is 0 Å². The summed E-state index contributed by atoms with van der Waals surface area (Å²) in [5.74, 6) is 0.901. The maximum atomic E-state index is 4.90. The SMILES string of the molecule is CCCNCC(C)(Cc1ccn(C2CCCC2)n1)C1CC1. The molecule has 0 aromatic carbocycles. The molecule has 1 atom stereocenters. The normalized spacial score (nSPS) is 22.6. The van der Waals surface area contributed by atoms with Crippen LogP contribution in [0.25, 0.3) is 0 Å². The number of aromatic nitrogens is 2. The van der Waals surface area contributed by atoms with Gasteiger partial charge < -0.3 is 5.32 Å². The minimum atomic E-state index is 0.393. The lowest BCUT2D eigenvalue weighted by molar-refractivity contribution is 0.252. The molecule has 0 spiro atoms. The summed E-state index contributed by atoms with van der Waals surface area (Å²) in [6.07, 6.45) is 12.8. The van der Waals surface area contributed by atoms with Gasteiger partial charge in [0.05, 0.1) is 11.7 Å². The van der Waals surface area contributed by atoms with Crippen molar-refractivity contribution in [2.45, 2.75) is 71.3 Å². The Morgan fingerprint density at radius 3 is 2.71 bits per heavy atom. The molecule has 0 saturated heterocycles. The van der Waals surface area contributed by atoms with Crippen LogP contribution in [-0.4, -0.2) is 22.9 Å². The van der Waals surface area contributed by atoms with Crippen LogP contribution in [0.3, 0.4) is 0 Å². The van der Waals surface area contributed by atoms with Crippen molar-refractivity contribution < 1.29 is 0 Å². The van der Waals surface area contributed by atoms with Crippen LogP contribution in [0.4, 0.5) is 0 Å². The van der Waals surface area contributed by atoms with Crippen LogP contribution in [0.15, 0.2) is 12.3 Å². The van der Waals surface area contributed by atoms with Crippen LogP contribution >= 0.6 is 0 Å². The third-order valence-corrected chi connectivity index (χ3v) is 5.47. The van der Waals surface area contributed by atoms with Crippen molar-refractivity contribution in [3.63, 3.8) is 0 Å². The van der Waals surface area contributed by atoms with E-state index >= 15 is 0 Å². The molecule has 2 fully saturated rings. The molecule has 1 aromatic rings. The number of hydrogen-bond acceptors (Lipinski definition) is 2. The predicted octanol–water partition coefficient (Wildman–Crippen LogP) is 3.96. The summed E-state index contributed by atoms with van der Waals surface area (Å²) < 4.78 is 2.25. The van der Waals surface area contributed by atoms with Crippen molar-refractivity contribution in [3.8, 4) is 0 Å². The molecule has 3 rings (SSSR count). The summed E-state index contributed by atoms with van der Waals surface area (Å²) >= 11 is 0. The smallest absolute Gasteiger partial charge is 0.0630 e. The van der Waals surface area contributed by atoms with Gasteiger partial charge in [-0.05, 0) is 62.5 Å². The summed E-state index contributed by atoms with van der Waals surface area (Å²) in [6.45, 7) is 6.98. The van der Waals surface area contributed by atoms with Crippen LogP contribution < -0.4 is 5.32 Å². The second kappa shape index (κ2) is 6.51. The molecule has 1 N–H and O–H groups in total. The van der Waals surface area contributed by atoms with Gasteiger partial charge in [-0.25, -0.2) is 0 Å². The molecule has 1 heterocycles. The monoisotopic (exact) mass is 289 g/mol. The first-order valence-corrected chi connectivity index (χ1v) is 8.96. The first kappa shape index (κ1) is 15.1. The van der Waals surface area contributed by atoms with Crippen molar-refractivity contribution in [2.75, 3.05) is 13.1 Å². The molecule has 1 aromatic heterocycles. The van der Waals surface area contributed by atoms with Crippen LogP contribution in [-0.2, 0) is 6.42 Å². The summed E-state index contributed by atoms with van der Waals surface area (Å²) in [5, 5.41) is 8.55. The molecule has 0 aliphatic heterocycles. The second-order valence-electron chi connectivity index (χ2n) is 7.51. The first-order chi connectivity index (χ1) is 10.2. The van der Waals surface area contributed by atoms with Gasteiger partial charge >= 0.3 is 0 Å². The largest absolute Gasteiger partial charge is 0.316 e. The van der Waals surface area contributed by atoms with Gasteiger partial charge in [-0.3, -0.25) is 4.68 Å². The fourth-order valence-electron chi connectivity index (χ4n) is 3.94. The Bertz CT molecular complexity index is 443. The maximum Gasteiger partial charge on any atom is 0.0630 e. The van der Waals surface area contributed by atoms with E-state index in [0.29, 0.717) is 11.5 Å². The minimum Gasteiger partial charge on any atom is -0.316 e. The average Bonchev–Trinajstić information content (AvgIpc) is 3.01. The molecule has 2 aliphatic carbocycles. The molecular weight excluding hydrogens is 258 g/mol. The van der Waals surface area contributed by atoms with E-state index < -0.39 is 0 Å². The quantitative estimate of drug-likeness (QED) is 0.734. The van der Waals surface area contributed by atoms with Gasteiger partial charge in [0.2, 0.25) is 0 Å². The van der Waals surface area contributed by atoms with Crippen LogP contribution in [0, 0.1) is 11.3 Å². The van der Waals surface area contributed by atoms with Crippen LogP contribution in [0.1, 0.15) is 70.5 Å². The standard InChI is InChI=1S/C18H31N3/c1-3-11-19-14-18(2,15-8-9-15)13-16-10-12-21(20-16)17-6-4-5-7-17/h10,12,15,17,19H,3-9,11,13-14H2,1-2H3. The zero-order valence-corrected chi connectivity index (χ0v) is 13.8. The van der Waals surface area contributed by atoms with E-state index in [0.717, 1.165) is 25.4 Å². The topological polar surface area (TPSA) is 29.9 Å². The number of nitrogens with zero attached hydrogens (tertiary/aromatic N) is 2. The third-order valence-electron chi connectivity index (χ3n) is 5.47. The van der Waals surface area contributed by atoms with E-state index in [9.17, 15) is 0 Å². The Balaban J connectivity index is 1.62. The zero-order valence-electron chi connectivity index (χ0n) is 13.8. The molecule has 3 nitrogen and oxygen atoms in total. The summed E-state index contributed by atoms with van der Waals surface area (Å²) in [5.41, 5.74) is 1.69. The lowest BCUT2D eigenvalue weighted by Crippen LogP contribution is -2.36. The Kier molecular flexibility index (Phi) is 4.68. The predicted molar refractivity (Wildman–Crippen MR) is 87.4 cm³/mol. The fraction of sp³-hybridized carbons (Fsp3) is 0.833. The van der Waals surface area contributed by atoms with Gasteiger partial charge in [-0.2, -0.15) is 5.10 Å². The number of rotatable bonds is 8. The third kappa shape index (κ3) is 3.68. The Hall–Kier alpha value is -0.830. The molecular formula is C18H31N3. The van der Waals surface area contributed by atoms with Gasteiger partial charge in [0.25, 0.3) is 0 Å². The number of hydrogen-bond donors (Lipinski definition) is 1. The van der Waals surface area contributed by atoms with E-state index in [4.69, 9.17) is 5.10 Å². The van der Waals surface area contributed by atoms with Crippen LogP contribution in [0.2, 0.25) is 0 Å². The summed E-state index contributed by atoms with van der Waals surface area (Å²) in [7, 11) is 0. The molecule has 118 valence electrons. The highest BCUT2D eigenvalue weighted by atomic mass is 15.3. The van der Waals surface area contributed by atoms with Crippen LogP contribution in [0.5, 0.6) is 0 Å². The Morgan fingerprint density at radius 1 is 1.29 bits per heavy atom. The number of nitrogens with one attached hydrogen (secondary N) is 1. The lowest BCUT2D eigenvalue weighted by atomic mass is 9.80. The molecule has 21 heavy (non-hydrogen) atoms. The van der Waals surface area contributed by atoms with Gasteiger partial charge in [-0.1, -0.05) is 26.7 Å². The molecule has 0 amide bonds. The summed E-state index contributed by atoms with van der Waals surface area (Å²) in [4.78, 5) is 0. The zero-order chi connectivity index (χ0) is 14.7. The summed E-state index contributed by atoms with van der Waals surface area (Å²) in [6, 6.07) is 2.93. The van der Waals surface area contributed by atoms with Gasteiger partial charge in [0.15, 0.2) is 0 Å². The van der Waals surface area contributed by atoms with Gasteiger partial charge in [0.1, 0.15) is 0 Å². The first-order valence-electron chi connectivity index (χ1n) is 8.96. The van der Waals surface area contributed by atoms with E-state index in [1.165, 1.54) is 50.6 Å². The molecule has 3 heteroatoms. The second-order valence-corrected chi connectivity index (χ2v) is 7.51. The average molecular weight is 289 g/mol. The molecule has 0 bridgehead atoms. The molecule has 0 radical (unpaired) electrons. The fourth-order valence-corrected chi connectivity index (χ4v) is 3.94. The minimum absolute atomic E-state index is 0.393. The van der Waals surface area contributed by atoms with Crippen molar-refractivity contribution in [2.24, 2.45) is 11.3 Å². The highest BCUT2D eigenvalue weighted by molar-refractivity contribution is 5.07. The molecule has 2 saturated carbocycles. The van der Waals surface area contributed by atoms with Gasteiger partial charge in [-0.15, -0.1) is 0 Å². The van der Waals surface area contributed by atoms with Crippen molar-refractivity contribution in [1.29, 1.82) is 0 Å². The van der Waals surface area contributed by atoms with E-state index in [2.05, 4.69) is 36.1 Å². The van der Waals surface area contributed by atoms with Crippen molar-refractivity contribution in [1.82, 2.24) is 15.1 Å². The Labute approximate surface area is 129 Å². The van der Waals surface area contributed by atoms with E-state index in [-0.39, 0.29) is 0 Å². The van der Waals surface area contributed by atoms with Crippen molar-refractivity contribution in [3.05, 3.63) is 18.0 Å². The molecule has 1 unspecified atom stereocenters. The highest BCUT2D eigenvalue weighted by Crippen LogP contribution is 2.47. The van der Waals surface area contributed by atoms with Crippen molar-refractivity contribution >= 4 is 0 Å². The van der Waals surface area contributed by atoms with Gasteiger partial charge in [0, 0.05) is 12.7 Å².